The summed E-state index contributed by atoms with van der Waals surface area (Å²) in [5.74, 6) is -0.356. The lowest BCUT2D eigenvalue weighted by atomic mass is 10.2. The highest BCUT2D eigenvalue weighted by atomic mass is 35.5. The van der Waals surface area contributed by atoms with Crippen molar-refractivity contribution in [3.8, 4) is 11.5 Å². The summed E-state index contributed by atoms with van der Waals surface area (Å²) in [7, 11) is -2.68. The number of carbonyl (C=O) groups is 2. The van der Waals surface area contributed by atoms with Gasteiger partial charge < -0.3 is 14.2 Å². The average Bonchev–Trinajstić information content (AvgIpc) is 2.90. The van der Waals surface area contributed by atoms with Gasteiger partial charge in [-0.3, -0.25) is 9.10 Å². The Morgan fingerprint density at radius 1 is 1.02 bits per heavy atom. The Labute approximate surface area is 238 Å². The number of nitrogens with one attached hydrogen (secondary N) is 1. The van der Waals surface area contributed by atoms with E-state index in [9.17, 15) is 18.0 Å². The molecule has 0 aliphatic heterocycles. The fourth-order valence-corrected chi connectivity index (χ4v) is 5.04. The fraction of sp³-hybridized carbons (Fsp3) is 0.250. The Balaban J connectivity index is 1.67. The maximum Gasteiger partial charge on any atom is 0.344 e. The first-order valence-corrected chi connectivity index (χ1v) is 13.9. The van der Waals surface area contributed by atoms with Crippen LogP contribution in [0, 0.1) is 0 Å². The van der Waals surface area contributed by atoms with E-state index in [1.807, 2.05) is 0 Å². The zero-order chi connectivity index (χ0) is 29.3. The lowest BCUT2D eigenvalue weighted by molar-refractivity contribution is -0.157. The molecule has 0 aliphatic carbocycles. The first-order chi connectivity index (χ1) is 18.9. The Morgan fingerprint density at radius 3 is 2.30 bits per heavy atom. The molecule has 0 radical (unpaired) electrons. The van der Waals surface area contributed by atoms with Crippen LogP contribution in [-0.2, 0) is 24.3 Å². The van der Waals surface area contributed by atoms with Crippen LogP contribution in [0.3, 0.4) is 0 Å². The number of hydrogen-bond acceptors (Lipinski definition) is 8. The van der Waals surface area contributed by atoms with Crippen LogP contribution in [0.25, 0.3) is 0 Å². The molecule has 0 bridgehead atoms. The maximum absolute atomic E-state index is 13.4. The van der Waals surface area contributed by atoms with Crippen molar-refractivity contribution in [3.05, 3.63) is 83.4 Å². The molecule has 3 aromatic rings. The second kappa shape index (κ2) is 13.3. The third-order valence-electron chi connectivity index (χ3n) is 5.10. The molecule has 0 saturated heterocycles. The summed E-state index contributed by atoms with van der Waals surface area (Å²) in [4.78, 5) is 24.6. The Morgan fingerprint density at radius 2 is 1.70 bits per heavy atom. The Bertz CT molecular complexity index is 1460. The maximum atomic E-state index is 13.4. The molecule has 0 aliphatic rings. The normalized spacial score (nSPS) is 11.6. The number of halogens is 1. The van der Waals surface area contributed by atoms with Gasteiger partial charge in [-0.25, -0.2) is 18.6 Å². The zero-order valence-corrected chi connectivity index (χ0v) is 24.0. The van der Waals surface area contributed by atoms with Gasteiger partial charge in [0.2, 0.25) is 0 Å². The van der Waals surface area contributed by atoms with Gasteiger partial charge in [0.1, 0.15) is 23.6 Å². The lowest BCUT2D eigenvalue weighted by Crippen LogP contribution is -2.39. The van der Waals surface area contributed by atoms with Gasteiger partial charge in [-0.2, -0.15) is 5.10 Å². The summed E-state index contributed by atoms with van der Waals surface area (Å²) < 4.78 is 43.5. The van der Waals surface area contributed by atoms with Gasteiger partial charge in [-0.05, 0) is 80.9 Å². The first kappa shape index (κ1) is 30.5. The highest BCUT2D eigenvalue weighted by Crippen LogP contribution is 2.31. The molecule has 0 saturated carbocycles. The fourth-order valence-electron chi connectivity index (χ4n) is 3.35. The van der Waals surface area contributed by atoms with Gasteiger partial charge in [-0.1, -0.05) is 29.8 Å². The molecule has 0 unspecified atom stereocenters. The molecule has 0 aromatic heterocycles. The summed E-state index contributed by atoms with van der Waals surface area (Å²) >= 11 is 6.23. The minimum atomic E-state index is -4.12. The van der Waals surface area contributed by atoms with E-state index in [2.05, 4.69) is 10.5 Å². The van der Waals surface area contributed by atoms with Gasteiger partial charge in [0.05, 0.1) is 28.9 Å². The largest absolute Gasteiger partial charge is 0.495 e. The Kier molecular flexibility index (Phi) is 10.1. The number of anilines is 1. The van der Waals surface area contributed by atoms with Gasteiger partial charge in [-0.15, -0.1) is 0 Å². The average molecular weight is 588 g/mol. The molecule has 40 heavy (non-hydrogen) atoms. The van der Waals surface area contributed by atoms with Crippen molar-refractivity contribution in [3.63, 3.8) is 0 Å². The van der Waals surface area contributed by atoms with E-state index in [4.69, 9.17) is 25.8 Å². The highest BCUT2D eigenvalue weighted by Gasteiger charge is 2.27. The van der Waals surface area contributed by atoms with E-state index >= 15 is 0 Å². The zero-order valence-electron chi connectivity index (χ0n) is 22.5. The number of sulfonamides is 1. The molecule has 0 fully saturated rings. The number of methoxy groups -OCH3 is 1. The number of esters is 1. The van der Waals surface area contributed by atoms with Crippen molar-refractivity contribution in [2.75, 3.05) is 24.6 Å². The standard InChI is InChI=1S/C28H30ClN3O7S/c1-28(2,3)39-27(34)19-38-22-13-10-20(11-14-22)17-30-31-26(33)18-32(21-12-15-25(37-4)24(29)16-21)40(35,36)23-8-6-5-7-9-23/h5-17H,18-19H2,1-4H3,(H,31,33)/b30-17-. The molecule has 1 amide bonds. The van der Waals surface area contributed by atoms with Crippen LogP contribution in [0.15, 0.2) is 82.8 Å². The molecule has 3 aromatic carbocycles. The van der Waals surface area contributed by atoms with E-state index < -0.39 is 34.0 Å². The lowest BCUT2D eigenvalue weighted by Gasteiger charge is -2.24. The van der Waals surface area contributed by atoms with Crippen molar-refractivity contribution in [2.24, 2.45) is 5.10 Å². The molecule has 12 heteroatoms. The van der Waals surface area contributed by atoms with Crippen molar-refractivity contribution in [1.82, 2.24) is 5.43 Å². The first-order valence-electron chi connectivity index (χ1n) is 12.1. The van der Waals surface area contributed by atoms with E-state index in [0.717, 1.165) is 4.31 Å². The number of hydrogen-bond donors (Lipinski definition) is 1. The van der Waals surface area contributed by atoms with Gasteiger partial charge in [0.15, 0.2) is 6.61 Å². The number of nitrogens with zero attached hydrogens (tertiary/aromatic N) is 2. The molecule has 3 rings (SSSR count). The molecule has 0 heterocycles. The molecule has 0 spiro atoms. The molecule has 0 atom stereocenters. The van der Waals surface area contributed by atoms with Crippen molar-refractivity contribution < 1.29 is 32.2 Å². The molecular weight excluding hydrogens is 558 g/mol. The van der Waals surface area contributed by atoms with E-state index in [1.54, 1.807) is 63.2 Å². The van der Waals surface area contributed by atoms with E-state index in [1.165, 1.54) is 43.7 Å². The smallest absolute Gasteiger partial charge is 0.344 e. The second-order valence-electron chi connectivity index (χ2n) is 9.38. The SMILES string of the molecule is COc1ccc(N(CC(=O)N/N=C\c2ccc(OCC(=O)OC(C)(C)C)cc2)S(=O)(=O)c2ccccc2)cc1Cl. The quantitative estimate of drug-likeness (QED) is 0.200. The number of benzene rings is 3. The van der Waals surface area contributed by atoms with Crippen LogP contribution in [0.1, 0.15) is 26.3 Å². The third-order valence-corrected chi connectivity index (χ3v) is 7.18. The molecule has 212 valence electrons. The summed E-state index contributed by atoms with van der Waals surface area (Å²) in [6, 6.07) is 18.8. The van der Waals surface area contributed by atoms with Crippen LogP contribution in [0.4, 0.5) is 5.69 Å². The monoisotopic (exact) mass is 587 g/mol. The summed E-state index contributed by atoms with van der Waals surface area (Å²) in [6.45, 7) is 4.52. The van der Waals surface area contributed by atoms with Gasteiger partial charge in [0, 0.05) is 0 Å². The Hall–Kier alpha value is -4.09. The second-order valence-corrected chi connectivity index (χ2v) is 11.7. The van der Waals surface area contributed by atoms with E-state index in [-0.39, 0.29) is 22.2 Å². The molecular formula is C28H30ClN3O7S. The van der Waals surface area contributed by atoms with Crippen LogP contribution in [0.5, 0.6) is 11.5 Å². The van der Waals surface area contributed by atoms with E-state index in [0.29, 0.717) is 17.1 Å². The predicted molar refractivity (Wildman–Crippen MR) is 152 cm³/mol. The number of hydrazone groups is 1. The topological polar surface area (TPSA) is 124 Å². The molecule has 10 nitrogen and oxygen atoms in total. The van der Waals surface area contributed by atoms with Crippen LogP contribution in [-0.4, -0.2) is 52.4 Å². The number of rotatable bonds is 11. The number of amides is 1. The summed E-state index contributed by atoms with van der Waals surface area (Å²) in [5.41, 5.74) is 2.54. The van der Waals surface area contributed by atoms with Gasteiger partial charge in [0.25, 0.3) is 15.9 Å². The van der Waals surface area contributed by atoms with Gasteiger partial charge >= 0.3 is 5.97 Å². The summed E-state index contributed by atoms with van der Waals surface area (Å²) in [5, 5.41) is 4.11. The summed E-state index contributed by atoms with van der Waals surface area (Å²) in [6.07, 6.45) is 1.38. The predicted octanol–water partition coefficient (Wildman–Crippen LogP) is 4.41. The minimum absolute atomic E-state index is 0.00668. The number of ether oxygens (including phenoxy) is 3. The van der Waals surface area contributed by atoms with Crippen molar-refractivity contribution in [1.29, 1.82) is 0 Å². The van der Waals surface area contributed by atoms with Crippen molar-refractivity contribution in [2.45, 2.75) is 31.3 Å². The number of carbonyl (C=O) groups excluding carboxylic acids is 2. The van der Waals surface area contributed by atoms with Crippen molar-refractivity contribution >= 4 is 45.4 Å². The van der Waals surface area contributed by atoms with Crippen LogP contribution < -0.4 is 19.2 Å². The van der Waals surface area contributed by atoms with Crippen LogP contribution >= 0.6 is 11.6 Å². The molecule has 1 N–H and O–H groups in total. The van der Waals surface area contributed by atoms with Crippen LogP contribution in [0.2, 0.25) is 5.02 Å². The minimum Gasteiger partial charge on any atom is -0.495 e. The third kappa shape index (κ3) is 8.72. The highest BCUT2D eigenvalue weighted by molar-refractivity contribution is 7.92.